The lowest BCUT2D eigenvalue weighted by molar-refractivity contribution is 0.388. The van der Waals surface area contributed by atoms with Gasteiger partial charge in [-0.15, -0.1) is 0 Å². The second-order valence-corrected chi connectivity index (χ2v) is 4.97. The van der Waals surface area contributed by atoms with E-state index in [1.54, 1.807) is 0 Å². The first-order valence-electron chi connectivity index (χ1n) is 6.11. The lowest BCUT2D eigenvalue weighted by Gasteiger charge is -2.01. The van der Waals surface area contributed by atoms with Crippen molar-refractivity contribution in [3.05, 3.63) is 52.5 Å². The molecule has 3 aromatic rings. The number of rotatable bonds is 4. The Morgan fingerprint density at radius 2 is 2.21 bits per heavy atom. The summed E-state index contributed by atoms with van der Waals surface area (Å²) in [5.74, 6) is 0.832. The molecular formula is C14H14ClN3O. The molecule has 1 aromatic carbocycles. The molecule has 0 unspecified atom stereocenters. The van der Waals surface area contributed by atoms with Crippen LogP contribution in [0.2, 0.25) is 5.02 Å². The van der Waals surface area contributed by atoms with Crippen LogP contribution in [0.1, 0.15) is 17.0 Å². The van der Waals surface area contributed by atoms with Crippen molar-refractivity contribution in [1.29, 1.82) is 0 Å². The molecule has 0 aliphatic carbocycles. The van der Waals surface area contributed by atoms with Gasteiger partial charge in [-0.25, -0.2) is 0 Å². The summed E-state index contributed by atoms with van der Waals surface area (Å²) >= 11 is 5.96. The van der Waals surface area contributed by atoms with Crippen molar-refractivity contribution in [2.75, 3.05) is 0 Å². The third-order valence-corrected chi connectivity index (χ3v) is 3.26. The standard InChI is InChI=1S/C14H14ClN3O/c1-9-4-12(18-19-9)8-16-6-10-7-17-14-5-11(15)2-3-13(10)14/h2-5,7,16-17H,6,8H2,1H3. The zero-order valence-corrected chi connectivity index (χ0v) is 11.3. The van der Waals surface area contributed by atoms with Gasteiger partial charge in [0, 0.05) is 41.3 Å². The van der Waals surface area contributed by atoms with Gasteiger partial charge in [-0.05, 0) is 24.6 Å². The van der Waals surface area contributed by atoms with Crippen molar-refractivity contribution in [2.45, 2.75) is 20.0 Å². The number of H-pyrrole nitrogens is 1. The fourth-order valence-electron chi connectivity index (χ4n) is 2.13. The second-order valence-electron chi connectivity index (χ2n) is 4.54. The van der Waals surface area contributed by atoms with Crippen LogP contribution in [0.5, 0.6) is 0 Å². The van der Waals surface area contributed by atoms with Gasteiger partial charge in [0.1, 0.15) is 5.76 Å². The van der Waals surface area contributed by atoms with Crippen LogP contribution in [-0.4, -0.2) is 10.1 Å². The van der Waals surface area contributed by atoms with E-state index in [1.807, 2.05) is 37.4 Å². The first-order chi connectivity index (χ1) is 9.22. The lowest BCUT2D eigenvalue weighted by Crippen LogP contribution is -2.12. The third kappa shape index (κ3) is 2.64. The predicted octanol–water partition coefficient (Wildman–Crippen LogP) is 3.41. The molecule has 19 heavy (non-hydrogen) atoms. The summed E-state index contributed by atoms with van der Waals surface area (Å²) in [7, 11) is 0. The third-order valence-electron chi connectivity index (χ3n) is 3.03. The molecule has 0 aliphatic rings. The van der Waals surface area contributed by atoms with Gasteiger partial charge in [-0.3, -0.25) is 0 Å². The zero-order chi connectivity index (χ0) is 13.2. The van der Waals surface area contributed by atoms with E-state index in [0.29, 0.717) is 6.54 Å². The average Bonchev–Trinajstić information content (AvgIpc) is 2.96. The van der Waals surface area contributed by atoms with Gasteiger partial charge < -0.3 is 14.8 Å². The Hall–Kier alpha value is -1.78. The normalized spacial score (nSPS) is 11.3. The Morgan fingerprint density at radius 3 is 3.00 bits per heavy atom. The molecule has 0 bridgehead atoms. The SMILES string of the molecule is Cc1cc(CNCc2c[nH]c3cc(Cl)ccc23)no1. The summed E-state index contributed by atoms with van der Waals surface area (Å²) in [6.07, 6.45) is 2.00. The molecule has 0 atom stereocenters. The number of nitrogens with one attached hydrogen (secondary N) is 2. The second kappa shape index (κ2) is 5.07. The van der Waals surface area contributed by atoms with Crippen molar-refractivity contribution in [3.8, 4) is 0 Å². The maximum Gasteiger partial charge on any atom is 0.133 e. The van der Waals surface area contributed by atoms with E-state index in [2.05, 4.69) is 15.5 Å². The molecule has 0 saturated heterocycles. The molecule has 5 heteroatoms. The highest BCUT2D eigenvalue weighted by atomic mass is 35.5. The largest absolute Gasteiger partial charge is 0.361 e. The Labute approximate surface area is 115 Å². The van der Waals surface area contributed by atoms with Crippen LogP contribution in [0.4, 0.5) is 0 Å². The molecule has 0 radical (unpaired) electrons. The van der Waals surface area contributed by atoms with Crippen molar-refractivity contribution >= 4 is 22.5 Å². The molecule has 98 valence electrons. The number of aryl methyl sites for hydroxylation is 1. The molecule has 0 aliphatic heterocycles. The van der Waals surface area contributed by atoms with E-state index in [0.717, 1.165) is 28.5 Å². The minimum Gasteiger partial charge on any atom is -0.361 e. The van der Waals surface area contributed by atoms with Gasteiger partial charge in [-0.2, -0.15) is 0 Å². The molecule has 4 nitrogen and oxygen atoms in total. The molecule has 2 heterocycles. The van der Waals surface area contributed by atoms with Crippen LogP contribution >= 0.6 is 11.6 Å². The summed E-state index contributed by atoms with van der Waals surface area (Å²) in [4.78, 5) is 3.22. The van der Waals surface area contributed by atoms with Crippen LogP contribution in [0.3, 0.4) is 0 Å². The van der Waals surface area contributed by atoms with Crippen LogP contribution in [0.15, 0.2) is 35.0 Å². The average molecular weight is 276 g/mol. The first kappa shape index (κ1) is 12.3. The number of hydrogen-bond acceptors (Lipinski definition) is 3. The molecule has 0 spiro atoms. The molecular weight excluding hydrogens is 262 g/mol. The number of nitrogens with zero attached hydrogens (tertiary/aromatic N) is 1. The maximum atomic E-state index is 5.96. The van der Waals surface area contributed by atoms with E-state index in [-0.39, 0.29) is 0 Å². The smallest absolute Gasteiger partial charge is 0.133 e. The van der Waals surface area contributed by atoms with Gasteiger partial charge in [0.05, 0.1) is 5.69 Å². The zero-order valence-electron chi connectivity index (χ0n) is 10.5. The van der Waals surface area contributed by atoms with E-state index in [4.69, 9.17) is 16.1 Å². The predicted molar refractivity (Wildman–Crippen MR) is 75.1 cm³/mol. The molecule has 0 amide bonds. The molecule has 0 fully saturated rings. The minimum atomic E-state index is 0.692. The number of benzene rings is 1. The molecule has 3 rings (SSSR count). The monoisotopic (exact) mass is 275 g/mol. The number of aromatic nitrogens is 2. The maximum absolute atomic E-state index is 5.96. The topological polar surface area (TPSA) is 53.9 Å². The lowest BCUT2D eigenvalue weighted by atomic mass is 10.2. The van der Waals surface area contributed by atoms with Gasteiger partial charge in [0.15, 0.2) is 0 Å². The van der Waals surface area contributed by atoms with Crippen LogP contribution < -0.4 is 5.32 Å². The Morgan fingerprint density at radius 1 is 1.32 bits per heavy atom. The summed E-state index contributed by atoms with van der Waals surface area (Å²) in [6.45, 7) is 3.35. The van der Waals surface area contributed by atoms with E-state index < -0.39 is 0 Å². The van der Waals surface area contributed by atoms with Gasteiger partial charge in [0.25, 0.3) is 0 Å². The number of halogens is 1. The summed E-state index contributed by atoms with van der Waals surface area (Å²) in [6, 6.07) is 7.80. The van der Waals surface area contributed by atoms with Crippen molar-refractivity contribution < 1.29 is 4.52 Å². The molecule has 2 aromatic heterocycles. The fraction of sp³-hybridized carbons (Fsp3) is 0.214. The van der Waals surface area contributed by atoms with Crippen LogP contribution in [0.25, 0.3) is 10.9 Å². The van der Waals surface area contributed by atoms with Crippen LogP contribution in [-0.2, 0) is 13.1 Å². The molecule has 0 saturated carbocycles. The summed E-state index contributed by atoms with van der Waals surface area (Å²) in [5.41, 5.74) is 3.19. The number of hydrogen-bond donors (Lipinski definition) is 2. The summed E-state index contributed by atoms with van der Waals surface area (Å²) in [5, 5.41) is 9.23. The Balaban J connectivity index is 1.68. The first-order valence-corrected chi connectivity index (χ1v) is 6.48. The van der Waals surface area contributed by atoms with Gasteiger partial charge >= 0.3 is 0 Å². The minimum absolute atomic E-state index is 0.692. The highest BCUT2D eigenvalue weighted by Crippen LogP contribution is 2.21. The Bertz CT molecular complexity index is 702. The van der Waals surface area contributed by atoms with Gasteiger partial charge in [-0.1, -0.05) is 22.8 Å². The fourth-order valence-corrected chi connectivity index (χ4v) is 2.30. The van der Waals surface area contributed by atoms with E-state index in [1.165, 1.54) is 10.9 Å². The highest BCUT2D eigenvalue weighted by molar-refractivity contribution is 6.31. The Kier molecular flexibility index (Phi) is 3.27. The number of aromatic amines is 1. The van der Waals surface area contributed by atoms with Crippen LogP contribution in [0, 0.1) is 6.92 Å². The molecule has 2 N–H and O–H groups in total. The van der Waals surface area contributed by atoms with E-state index >= 15 is 0 Å². The highest BCUT2D eigenvalue weighted by Gasteiger charge is 2.05. The van der Waals surface area contributed by atoms with Crippen molar-refractivity contribution in [3.63, 3.8) is 0 Å². The van der Waals surface area contributed by atoms with Gasteiger partial charge in [0.2, 0.25) is 0 Å². The quantitative estimate of drug-likeness (QED) is 0.767. The summed E-state index contributed by atoms with van der Waals surface area (Å²) < 4.78 is 5.02. The van der Waals surface area contributed by atoms with Crippen molar-refractivity contribution in [2.24, 2.45) is 0 Å². The number of fused-ring (bicyclic) bond motifs is 1. The van der Waals surface area contributed by atoms with Crippen molar-refractivity contribution in [1.82, 2.24) is 15.5 Å². The van der Waals surface area contributed by atoms with E-state index in [9.17, 15) is 0 Å².